The molecule has 3 N–H and O–H groups in total. The SMILES string of the molecule is CC(C)CNC(=O)N1CCCC(Cc2nc(C3(N)CCC3)no2)C1. The highest BCUT2D eigenvalue weighted by Crippen LogP contribution is 2.37. The van der Waals surface area contributed by atoms with Crippen LogP contribution in [0.4, 0.5) is 4.79 Å². The summed E-state index contributed by atoms with van der Waals surface area (Å²) in [4.78, 5) is 18.6. The molecular formula is C17H29N5O2. The van der Waals surface area contributed by atoms with Gasteiger partial charge in [-0.3, -0.25) is 0 Å². The Morgan fingerprint density at radius 2 is 2.25 bits per heavy atom. The molecule has 24 heavy (non-hydrogen) atoms. The van der Waals surface area contributed by atoms with Crippen LogP contribution in [0.2, 0.25) is 0 Å². The summed E-state index contributed by atoms with van der Waals surface area (Å²) in [6.07, 6.45) is 5.81. The van der Waals surface area contributed by atoms with Crippen molar-refractivity contribution in [3.05, 3.63) is 11.7 Å². The molecule has 0 spiro atoms. The standard InChI is InChI=1S/C17H29N5O2/c1-12(2)10-19-16(23)22-8-3-5-13(11-22)9-14-20-15(21-24-14)17(18)6-4-7-17/h12-13H,3-11,18H2,1-2H3,(H,19,23). The van der Waals surface area contributed by atoms with E-state index >= 15 is 0 Å². The molecular weight excluding hydrogens is 306 g/mol. The van der Waals surface area contributed by atoms with Gasteiger partial charge in [-0.15, -0.1) is 0 Å². The summed E-state index contributed by atoms with van der Waals surface area (Å²) in [5, 5.41) is 7.07. The molecule has 1 saturated heterocycles. The van der Waals surface area contributed by atoms with Gasteiger partial charge in [0.1, 0.15) is 0 Å². The number of hydrogen-bond acceptors (Lipinski definition) is 5. The summed E-state index contributed by atoms with van der Waals surface area (Å²) in [6, 6.07) is 0.0370. The Morgan fingerprint density at radius 1 is 1.46 bits per heavy atom. The Labute approximate surface area is 143 Å². The molecule has 2 fully saturated rings. The number of nitrogens with one attached hydrogen (secondary N) is 1. The molecule has 0 aromatic carbocycles. The number of amides is 2. The van der Waals surface area contributed by atoms with Crippen LogP contribution >= 0.6 is 0 Å². The fraction of sp³-hybridized carbons (Fsp3) is 0.824. The minimum absolute atomic E-state index is 0.0370. The Balaban J connectivity index is 1.53. The lowest BCUT2D eigenvalue weighted by Crippen LogP contribution is -2.46. The zero-order valence-electron chi connectivity index (χ0n) is 14.8. The number of piperidine rings is 1. The second kappa shape index (κ2) is 7.09. The first kappa shape index (κ1) is 17.2. The van der Waals surface area contributed by atoms with Gasteiger partial charge in [0.25, 0.3) is 0 Å². The molecule has 1 aliphatic carbocycles. The summed E-state index contributed by atoms with van der Waals surface area (Å²) in [6.45, 7) is 6.47. The molecule has 3 rings (SSSR count). The van der Waals surface area contributed by atoms with Gasteiger partial charge in [0, 0.05) is 26.1 Å². The number of likely N-dealkylation sites (tertiary alicyclic amines) is 1. The third-order valence-corrected chi connectivity index (χ3v) is 5.09. The van der Waals surface area contributed by atoms with Gasteiger partial charge < -0.3 is 20.5 Å². The van der Waals surface area contributed by atoms with E-state index in [2.05, 4.69) is 29.3 Å². The van der Waals surface area contributed by atoms with Gasteiger partial charge in [0.15, 0.2) is 5.82 Å². The van der Waals surface area contributed by atoms with Gasteiger partial charge in [-0.25, -0.2) is 4.79 Å². The molecule has 2 heterocycles. The number of nitrogens with zero attached hydrogens (tertiary/aromatic N) is 3. The maximum absolute atomic E-state index is 12.2. The fourth-order valence-electron chi connectivity index (χ4n) is 3.39. The predicted molar refractivity (Wildman–Crippen MR) is 90.3 cm³/mol. The molecule has 1 atom stereocenters. The van der Waals surface area contributed by atoms with Crippen LogP contribution in [0.25, 0.3) is 0 Å². The highest BCUT2D eigenvalue weighted by atomic mass is 16.5. The lowest BCUT2D eigenvalue weighted by atomic mass is 9.77. The van der Waals surface area contributed by atoms with Gasteiger partial charge in [0.05, 0.1) is 5.54 Å². The fourth-order valence-corrected chi connectivity index (χ4v) is 3.39. The van der Waals surface area contributed by atoms with Crippen molar-refractivity contribution in [2.45, 2.75) is 57.9 Å². The van der Waals surface area contributed by atoms with Crippen molar-refractivity contribution in [1.29, 1.82) is 0 Å². The van der Waals surface area contributed by atoms with Crippen LogP contribution in [0.1, 0.15) is 57.7 Å². The van der Waals surface area contributed by atoms with Crippen molar-refractivity contribution in [3.8, 4) is 0 Å². The normalized spacial score (nSPS) is 23.2. The van der Waals surface area contributed by atoms with E-state index in [4.69, 9.17) is 10.3 Å². The second-order valence-electron chi connectivity index (χ2n) is 7.76. The first-order valence-electron chi connectivity index (χ1n) is 9.11. The molecule has 7 nitrogen and oxygen atoms in total. The zero-order valence-corrected chi connectivity index (χ0v) is 14.8. The van der Waals surface area contributed by atoms with Gasteiger partial charge >= 0.3 is 6.03 Å². The number of nitrogens with two attached hydrogens (primary N) is 1. The van der Waals surface area contributed by atoms with E-state index in [1.165, 1.54) is 0 Å². The minimum Gasteiger partial charge on any atom is -0.339 e. The first-order valence-corrected chi connectivity index (χ1v) is 9.11. The van der Waals surface area contributed by atoms with Crippen LogP contribution < -0.4 is 11.1 Å². The highest BCUT2D eigenvalue weighted by molar-refractivity contribution is 5.74. The number of aromatic nitrogens is 2. The topological polar surface area (TPSA) is 97.3 Å². The number of urea groups is 1. The van der Waals surface area contributed by atoms with Crippen molar-refractivity contribution in [2.24, 2.45) is 17.6 Å². The lowest BCUT2D eigenvalue weighted by Gasteiger charge is -2.34. The van der Waals surface area contributed by atoms with E-state index in [1.807, 2.05) is 4.90 Å². The minimum atomic E-state index is -0.378. The molecule has 2 aliphatic rings. The van der Waals surface area contributed by atoms with Gasteiger partial charge in [-0.2, -0.15) is 4.98 Å². The molecule has 1 aromatic heterocycles. The number of carbonyl (C=O) groups excluding carboxylic acids is 1. The molecule has 1 saturated carbocycles. The smallest absolute Gasteiger partial charge is 0.317 e. The molecule has 2 amide bonds. The van der Waals surface area contributed by atoms with Crippen molar-refractivity contribution >= 4 is 6.03 Å². The molecule has 1 aliphatic heterocycles. The zero-order chi connectivity index (χ0) is 17.2. The molecule has 7 heteroatoms. The number of carbonyl (C=O) groups is 1. The predicted octanol–water partition coefficient (Wildman–Crippen LogP) is 2.03. The Hall–Kier alpha value is -1.63. The molecule has 0 bridgehead atoms. The van der Waals surface area contributed by atoms with Gasteiger partial charge in [-0.05, 0) is 43.9 Å². The Kier molecular flexibility index (Phi) is 5.08. The summed E-state index contributed by atoms with van der Waals surface area (Å²) in [5.74, 6) is 2.12. The van der Waals surface area contributed by atoms with Crippen molar-refractivity contribution < 1.29 is 9.32 Å². The third kappa shape index (κ3) is 3.88. The summed E-state index contributed by atoms with van der Waals surface area (Å²) >= 11 is 0. The molecule has 134 valence electrons. The summed E-state index contributed by atoms with van der Waals surface area (Å²) in [7, 11) is 0. The van der Waals surface area contributed by atoms with E-state index in [0.717, 1.165) is 51.6 Å². The lowest BCUT2D eigenvalue weighted by molar-refractivity contribution is 0.160. The number of hydrogen-bond donors (Lipinski definition) is 2. The van der Waals surface area contributed by atoms with Crippen LogP contribution in [0, 0.1) is 11.8 Å². The third-order valence-electron chi connectivity index (χ3n) is 5.09. The largest absolute Gasteiger partial charge is 0.339 e. The average molecular weight is 335 g/mol. The van der Waals surface area contributed by atoms with Crippen LogP contribution in [-0.4, -0.2) is 40.7 Å². The first-order chi connectivity index (χ1) is 11.5. The average Bonchev–Trinajstić information content (AvgIpc) is 2.99. The molecule has 0 radical (unpaired) electrons. The van der Waals surface area contributed by atoms with Crippen molar-refractivity contribution in [2.75, 3.05) is 19.6 Å². The van der Waals surface area contributed by atoms with Crippen LogP contribution in [0.15, 0.2) is 4.52 Å². The monoisotopic (exact) mass is 335 g/mol. The highest BCUT2D eigenvalue weighted by Gasteiger charge is 2.39. The molecule has 1 aromatic rings. The van der Waals surface area contributed by atoms with Crippen molar-refractivity contribution in [3.63, 3.8) is 0 Å². The maximum atomic E-state index is 12.2. The van der Waals surface area contributed by atoms with Crippen LogP contribution in [0.3, 0.4) is 0 Å². The summed E-state index contributed by atoms with van der Waals surface area (Å²) < 4.78 is 5.40. The van der Waals surface area contributed by atoms with E-state index < -0.39 is 0 Å². The van der Waals surface area contributed by atoms with Crippen LogP contribution in [0.5, 0.6) is 0 Å². The van der Waals surface area contributed by atoms with Crippen molar-refractivity contribution in [1.82, 2.24) is 20.4 Å². The van der Waals surface area contributed by atoms with E-state index in [1.54, 1.807) is 0 Å². The Morgan fingerprint density at radius 3 is 2.92 bits per heavy atom. The van der Waals surface area contributed by atoms with Gasteiger partial charge in [-0.1, -0.05) is 19.0 Å². The van der Waals surface area contributed by atoms with Crippen LogP contribution in [-0.2, 0) is 12.0 Å². The molecule has 1 unspecified atom stereocenters. The van der Waals surface area contributed by atoms with E-state index in [-0.39, 0.29) is 11.6 Å². The van der Waals surface area contributed by atoms with Gasteiger partial charge in [0.2, 0.25) is 5.89 Å². The van der Waals surface area contributed by atoms with E-state index in [9.17, 15) is 4.79 Å². The number of rotatable bonds is 5. The quantitative estimate of drug-likeness (QED) is 0.858. The maximum Gasteiger partial charge on any atom is 0.317 e. The summed E-state index contributed by atoms with van der Waals surface area (Å²) in [5.41, 5.74) is 5.87. The van der Waals surface area contributed by atoms with E-state index in [0.29, 0.717) is 30.1 Å². The second-order valence-corrected chi connectivity index (χ2v) is 7.76. The Bertz CT molecular complexity index is 567.